The maximum atomic E-state index is 2.34. The first-order chi connectivity index (χ1) is 16.7. The third-order valence-corrected chi connectivity index (χ3v) is 7.53. The number of hydrogen-bond donors (Lipinski definition) is 0. The smallest absolute Gasteiger partial charge is 0.00201 e. The summed E-state index contributed by atoms with van der Waals surface area (Å²) in [6.45, 7) is 4.40. The highest BCUT2D eigenvalue weighted by Crippen LogP contribution is 2.45. The summed E-state index contributed by atoms with van der Waals surface area (Å²) in [6, 6.07) is 40.3. The maximum Gasteiger partial charge on any atom is -0.00201 e. The van der Waals surface area contributed by atoms with Gasteiger partial charge in [0.2, 0.25) is 0 Å². The van der Waals surface area contributed by atoms with Crippen LogP contribution in [0.3, 0.4) is 0 Å². The van der Waals surface area contributed by atoms with Gasteiger partial charge in [-0.15, -0.1) is 50.9 Å². The molecule has 3 heteroatoms. The molecule has 0 unspecified atom stereocenters. The summed E-state index contributed by atoms with van der Waals surface area (Å²) >= 11 is 0. The first kappa shape index (κ1) is 27.3. The summed E-state index contributed by atoms with van der Waals surface area (Å²) in [7, 11) is 0. The van der Waals surface area contributed by atoms with Gasteiger partial charge in [-0.3, -0.25) is 0 Å². The third kappa shape index (κ3) is 4.09. The molecule has 0 aliphatic rings. The molecular formula is C34H27Br3. The molecule has 0 aliphatic carbocycles. The van der Waals surface area contributed by atoms with Crippen LogP contribution in [0.4, 0.5) is 0 Å². The van der Waals surface area contributed by atoms with E-state index in [1.165, 1.54) is 76.5 Å². The van der Waals surface area contributed by atoms with Crippen LogP contribution < -0.4 is 0 Å². The number of benzene rings is 7. The molecule has 0 saturated carbocycles. The van der Waals surface area contributed by atoms with E-state index in [0.717, 1.165) is 0 Å². The minimum Gasteiger partial charge on any atom is -0.114 e. The molecule has 0 heterocycles. The van der Waals surface area contributed by atoms with Gasteiger partial charge in [0.1, 0.15) is 0 Å². The average Bonchev–Trinajstić information content (AvgIpc) is 2.88. The SMILES string of the molecule is Br.Br.Br.Cc1ccccc1-c1ccc2c3ccc(-c4ccccc4C)c4cccc(c5cccc1c52)c43. The number of fused-ring (bicyclic) bond motifs is 2. The van der Waals surface area contributed by atoms with Crippen molar-refractivity contribution in [1.82, 2.24) is 0 Å². The number of aryl methyl sites for hydroxylation is 2. The van der Waals surface area contributed by atoms with Crippen molar-refractivity contribution in [3.8, 4) is 22.3 Å². The van der Waals surface area contributed by atoms with Gasteiger partial charge in [0.15, 0.2) is 0 Å². The Morgan fingerprint density at radius 1 is 0.297 bits per heavy atom. The Morgan fingerprint density at radius 2 is 0.649 bits per heavy atom. The summed E-state index contributed by atoms with van der Waals surface area (Å²) in [5.41, 5.74) is 7.86. The monoisotopic (exact) mass is 672 g/mol. The number of rotatable bonds is 2. The molecule has 0 fully saturated rings. The standard InChI is InChI=1S/C34H24.3BrH/c1-21-9-3-5-11-23(21)25-17-19-31-32-20-18-26(24-12-6-4-10-22(24)2)28-14-8-16-30(34(28)32)29-15-7-13-27(25)33(29)31;;;/h3-20H,1-2H3;3*1H. The number of halogens is 3. The van der Waals surface area contributed by atoms with Crippen molar-refractivity contribution in [1.29, 1.82) is 0 Å². The van der Waals surface area contributed by atoms with Gasteiger partial charge >= 0.3 is 0 Å². The van der Waals surface area contributed by atoms with Crippen LogP contribution in [0.2, 0.25) is 0 Å². The zero-order valence-electron chi connectivity index (χ0n) is 20.6. The normalized spacial score (nSPS) is 10.9. The lowest BCUT2D eigenvalue weighted by Crippen LogP contribution is -1.92. The van der Waals surface area contributed by atoms with Crippen molar-refractivity contribution >= 4 is 94.0 Å². The Labute approximate surface area is 249 Å². The topological polar surface area (TPSA) is 0 Å². The predicted octanol–water partition coefficient (Wildman–Crippen LogP) is 11.4. The van der Waals surface area contributed by atoms with Crippen molar-refractivity contribution in [2.75, 3.05) is 0 Å². The minimum atomic E-state index is 0. The highest BCUT2D eigenvalue weighted by atomic mass is 79.9. The first-order valence-corrected chi connectivity index (χ1v) is 12.0. The van der Waals surface area contributed by atoms with E-state index in [1.54, 1.807) is 0 Å². The fraction of sp³-hybridized carbons (Fsp3) is 0.0588. The highest BCUT2D eigenvalue weighted by molar-refractivity contribution is 8.93. The number of hydrogen-bond acceptors (Lipinski definition) is 0. The summed E-state index contributed by atoms with van der Waals surface area (Å²) in [5, 5.41) is 10.7. The van der Waals surface area contributed by atoms with Crippen LogP contribution in [-0.4, -0.2) is 0 Å². The lowest BCUT2D eigenvalue weighted by molar-refractivity contribution is 1.47. The van der Waals surface area contributed by atoms with E-state index in [1.807, 2.05) is 0 Å². The Hall–Kier alpha value is -2.72. The van der Waals surface area contributed by atoms with Gasteiger partial charge in [0.25, 0.3) is 0 Å². The van der Waals surface area contributed by atoms with Gasteiger partial charge < -0.3 is 0 Å². The quantitative estimate of drug-likeness (QED) is 0.126. The average molecular weight is 675 g/mol. The van der Waals surface area contributed by atoms with Crippen molar-refractivity contribution in [2.24, 2.45) is 0 Å². The molecule has 0 nitrogen and oxygen atoms in total. The van der Waals surface area contributed by atoms with Crippen LogP contribution in [-0.2, 0) is 0 Å². The maximum absolute atomic E-state index is 2.34. The fourth-order valence-corrected chi connectivity index (χ4v) is 5.93. The van der Waals surface area contributed by atoms with E-state index in [4.69, 9.17) is 0 Å². The lowest BCUT2D eigenvalue weighted by Gasteiger charge is -2.19. The molecule has 0 spiro atoms. The van der Waals surface area contributed by atoms with Crippen molar-refractivity contribution in [3.05, 3.63) is 120 Å². The molecule has 7 aromatic carbocycles. The first-order valence-electron chi connectivity index (χ1n) is 12.0. The van der Waals surface area contributed by atoms with Crippen LogP contribution in [0, 0.1) is 13.8 Å². The van der Waals surface area contributed by atoms with E-state index in [0.29, 0.717) is 0 Å². The summed E-state index contributed by atoms with van der Waals surface area (Å²) in [6.07, 6.45) is 0. The van der Waals surface area contributed by atoms with Crippen LogP contribution in [0.1, 0.15) is 11.1 Å². The fourth-order valence-electron chi connectivity index (χ4n) is 5.93. The second kappa shape index (κ2) is 10.6. The van der Waals surface area contributed by atoms with Gasteiger partial charge in [-0.2, -0.15) is 0 Å². The predicted molar refractivity (Wildman–Crippen MR) is 179 cm³/mol. The second-order valence-corrected chi connectivity index (χ2v) is 9.41. The van der Waals surface area contributed by atoms with Crippen molar-refractivity contribution in [3.63, 3.8) is 0 Å². The van der Waals surface area contributed by atoms with Gasteiger partial charge in [-0.25, -0.2) is 0 Å². The molecule has 0 aliphatic heterocycles. The molecule has 0 aromatic heterocycles. The second-order valence-electron chi connectivity index (χ2n) is 9.41. The van der Waals surface area contributed by atoms with E-state index >= 15 is 0 Å². The van der Waals surface area contributed by atoms with Gasteiger partial charge in [0.05, 0.1) is 0 Å². The summed E-state index contributed by atoms with van der Waals surface area (Å²) in [5.74, 6) is 0. The molecule has 184 valence electrons. The zero-order valence-corrected chi connectivity index (χ0v) is 25.8. The molecule has 0 radical (unpaired) electrons. The molecule has 0 saturated heterocycles. The molecule has 0 N–H and O–H groups in total. The van der Waals surface area contributed by atoms with Crippen LogP contribution in [0.5, 0.6) is 0 Å². The Bertz CT molecular complexity index is 1730. The molecular weight excluding hydrogens is 648 g/mol. The molecule has 7 aromatic rings. The van der Waals surface area contributed by atoms with E-state index in [2.05, 4.69) is 123 Å². The van der Waals surface area contributed by atoms with Crippen LogP contribution in [0.15, 0.2) is 109 Å². The third-order valence-electron chi connectivity index (χ3n) is 7.53. The molecule has 0 amide bonds. The van der Waals surface area contributed by atoms with E-state index < -0.39 is 0 Å². The Morgan fingerprint density at radius 3 is 1.05 bits per heavy atom. The van der Waals surface area contributed by atoms with Gasteiger partial charge in [-0.05, 0) is 90.3 Å². The summed E-state index contributed by atoms with van der Waals surface area (Å²) < 4.78 is 0. The summed E-state index contributed by atoms with van der Waals surface area (Å²) in [4.78, 5) is 0. The molecule has 0 bridgehead atoms. The van der Waals surface area contributed by atoms with Crippen molar-refractivity contribution in [2.45, 2.75) is 13.8 Å². The van der Waals surface area contributed by atoms with Gasteiger partial charge in [0, 0.05) is 0 Å². The molecule has 0 atom stereocenters. The Kier molecular flexibility index (Phi) is 7.80. The lowest BCUT2D eigenvalue weighted by atomic mass is 9.84. The largest absolute Gasteiger partial charge is 0.114 e. The highest BCUT2D eigenvalue weighted by Gasteiger charge is 2.17. The molecule has 7 rings (SSSR count). The zero-order chi connectivity index (χ0) is 22.8. The van der Waals surface area contributed by atoms with Crippen molar-refractivity contribution < 1.29 is 0 Å². The van der Waals surface area contributed by atoms with E-state index in [9.17, 15) is 0 Å². The van der Waals surface area contributed by atoms with Gasteiger partial charge in [-0.1, -0.05) is 109 Å². The molecule has 37 heavy (non-hydrogen) atoms. The Balaban J connectivity index is 0.00000107. The van der Waals surface area contributed by atoms with Crippen LogP contribution in [0.25, 0.3) is 65.3 Å². The van der Waals surface area contributed by atoms with E-state index in [-0.39, 0.29) is 50.9 Å². The van der Waals surface area contributed by atoms with Crippen LogP contribution >= 0.6 is 50.9 Å². The minimum absolute atomic E-state index is 0.